The molecule has 176 valence electrons. The van der Waals surface area contributed by atoms with E-state index in [9.17, 15) is 4.79 Å². The molecule has 2 aliphatic heterocycles. The van der Waals surface area contributed by atoms with Crippen molar-refractivity contribution in [2.45, 2.75) is 31.6 Å². The lowest BCUT2D eigenvalue weighted by atomic mass is 9.93. The van der Waals surface area contributed by atoms with Crippen LogP contribution < -0.4 is 4.74 Å². The molecule has 4 rings (SSSR count). The molecule has 0 saturated carbocycles. The highest BCUT2D eigenvalue weighted by atomic mass is 35.5. The van der Waals surface area contributed by atoms with Gasteiger partial charge in [-0.15, -0.1) is 0 Å². The van der Waals surface area contributed by atoms with Crippen molar-refractivity contribution in [1.29, 1.82) is 0 Å². The summed E-state index contributed by atoms with van der Waals surface area (Å²) in [7, 11) is 1.61. The number of carbonyl (C=O) groups is 1. The molecule has 0 N–H and O–H groups in total. The lowest BCUT2D eigenvalue weighted by molar-refractivity contribution is 0.0771. The molecule has 8 heteroatoms. The number of benzene rings is 1. The van der Waals surface area contributed by atoms with Crippen molar-refractivity contribution in [3.8, 4) is 5.75 Å². The van der Waals surface area contributed by atoms with Crippen LogP contribution in [0.15, 0.2) is 48.4 Å². The number of unbranched alkanes of at least 4 members (excludes halogenated alkanes) is 1. The maximum atomic E-state index is 13.2. The molecular weight excluding hydrogens is 461 g/mol. The van der Waals surface area contributed by atoms with Gasteiger partial charge in [0, 0.05) is 36.4 Å². The number of rotatable bonds is 8. The zero-order chi connectivity index (χ0) is 23.2. The second-order valence-corrected chi connectivity index (χ2v) is 9.29. The summed E-state index contributed by atoms with van der Waals surface area (Å²) in [5, 5.41) is 1.10. The van der Waals surface area contributed by atoms with Crippen molar-refractivity contribution in [1.82, 2.24) is 14.8 Å². The van der Waals surface area contributed by atoms with Crippen molar-refractivity contribution < 1.29 is 14.3 Å². The molecule has 0 spiro atoms. The molecule has 6 nitrogen and oxygen atoms in total. The number of pyridine rings is 1. The van der Waals surface area contributed by atoms with E-state index in [2.05, 4.69) is 16.0 Å². The number of amides is 1. The Hall–Kier alpha value is -2.12. The minimum atomic E-state index is -0.0858. The zero-order valence-corrected chi connectivity index (χ0v) is 20.3. The zero-order valence-electron chi connectivity index (χ0n) is 18.8. The van der Waals surface area contributed by atoms with Crippen molar-refractivity contribution in [2.75, 3.05) is 39.9 Å². The maximum absolute atomic E-state index is 13.2. The van der Waals surface area contributed by atoms with Crippen LogP contribution in [-0.2, 0) is 4.74 Å². The van der Waals surface area contributed by atoms with Crippen LogP contribution in [0.2, 0.25) is 10.2 Å². The normalized spacial score (nSPS) is 17.4. The Bertz CT molecular complexity index is 1010. The van der Waals surface area contributed by atoms with Crippen LogP contribution in [0.5, 0.6) is 5.75 Å². The third-order valence-electron chi connectivity index (χ3n) is 6.23. The highest BCUT2D eigenvalue weighted by molar-refractivity contribution is 6.31. The average molecular weight is 490 g/mol. The van der Waals surface area contributed by atoms with Gasteiger partial charge in [0.25, 0.3) is 5.91 Å². The minimum absolute atomic E-state index is 0.0858. The minimum Gasteiger partial charge on any atom is -0.462 e. The molecule has 1 saturated heterocycles. The summed E-state index contributed by atoms with van der Waals surface area (Å²) in [6.45, 7) is 4.04. The number of methoxy groups -OCH3 is 1. The molecule has 1 fully saturated rings. The predicted molar refractivity (Wildman–Crippen MR) is 130 cm³/mol. The van der Waals surface area contributed by atoms with E-state index >= 15 is 0 Å². The standard InChI is InChI=1S/C25H29Cl2N3O3/c1-32-16-20-17-33-23-15-19(26)7-8-21(23)25(31)30(20)12-3-2-11-29-13-9-18(10-14-29)22-5-4-6-24(27)28-22/h4-8,15,17-18H,2-3,9-14,16H2,1H3. The summed E-state index contributed by atoms with van der Waals surface area (Å²) in [6.07, 6.45) is 5.69. The Kier molecular flexibility index (Phi) is 8.25. The van der Waals surface area contributed by atoms with Crippen molar-refractivity contribution >= 4 is 29.1 Å². The number of fused-ring (bicyclic) bond motifs is 1. The summed E-state index contributed by atoms with van der Waals surface area (Å²) in [5.74, 6) is 0.864. The molecule has 0 bridgehead atoms. The van der Waals surface area contributed by atoms with Crippen LogP contribution in [-0.4, -0.2) is 60.6 Å². The van der Waals surface area contributed by atoms with Gasteiger partial charge < -0.3 is 19.3 Å². The van der Waals surface area contributed by atoms with E-state index in [4.69, 9.17) is 32.7 Å². The van der Waals surface area contributed by atoms with Gasteiger partial charge in [-0.2, -0.15) is 0 Å². The molecule has 1 amide bonds. The van der Waals surface area contributed by atoms with E-state index < -0.39 is 0 Å². The van der Waals surface area contributed by atoms with Crippen LogP contribution in [0.1, 0.15) is 47.7 Å². The molecule has 2 aromatic rings. The Morgan fingerprint density at radius 1 is 1.12 bits per heavy atom. The number of halogens is 2. The number of piperidine rings is 1. The number of nitrogens with zero attached hydrogens (tertiary/aromatic N) is 3. The van der Waals surface area contributed by atoms with Gasteiger partial charge >= 0.3 is 0 Å². The molecule has 33 heavy (non-hydrogen) atoms. The van der Waals surface area contributed by atoms with Gasteiger partial charge in [0.2, 0.25) is 0 Å². The lowest BCUT2D eigenvalue weighted by Gasteiger charge is -2.32. The smallest absolute Gasteiger partial charge is 0.261 e. The summed E-state index contributed by atoms with van der Waals surface area (Å²) in [5.41, 5.74) is 2.33. The van der Waals surface area contributed by atoms with Crippen molar-refractivity contribution in [2.24, 2.45) is 0 Å². The Labute approximate surface area is 205 Å². The van der Waals surface area contributed by atoms with Crippen LogP contribution >= 0.6 is 23.2 Å². The Morgan fingerprint density at radius 2 is 1.91 bits per heavy atom. The summed E-state index contributed by atoms with van der Waals surface area (Å²) >= 11 is 12.1. The van der Waals surface area contributed by atoms with Gasteiger partial charge in [-0.25, -0.2) is 4.98 Å². The molecule has 0 aliphatic carbocycles. The quantitative estimate of drug-likeness (QED) is 0.368. The number of hydrogen-bond acceptors (Lipinski definition) is 5. The third-order valence-corrected chi connectivity index (χ3v) is 6.67. The van der Waals surface area contributed by atoms with Gasteiger partial charge in [-0.05, 0) is 69.6 Å². The van der Waals surface area contributed by atoms with Crippen LogP contribution in [0.3, 0.4) is 0 Å². The molecule has 1 aromatic carbocycles. The second kappa shape index (κ2) is 11.3. The fourth-order valence-electron chi connectivity index (χ4n) is 4.46. The number of ether oxygens (including phenoxy) is 2. The Balaban J connectivity index is 1.28. The predicted octanol–water partition coefficient (Wildman–Crippen LogP) is 5.37. The summed E-state index contributed by atoms with van der Waals surface area (Å²) in [6, 6.07) is 11.0. The van der Waals surface area contributed by atoms with Gasteiger partial charge in [-0.1, -0.05) is 29.3 Å². The number of hydrogen-bond donors (Lipinski definition) is 0. The number of carbonyl (C=O) groups excluding carboxylic acids is 1. The fraction of sp³-hybridized carbons (Fsp3) is 0.440. The van der Waals surface area contributed by atoms with E-state index in [1.54, 1.807) is 36.5 Å². The molecule has 1 aromatic heterocycles. The molecular formula is C25H29Cl2N3O3. The van der Waals surface area contributed by atoms with Crippen LogP contribution in [0.4, 0.5) is 0 Å². The van der Waals surface area contributed by atoms with E-state index in [0.717, 1.165) is 51.0 Å². The molecule has 0 radical (unpaired) electrons. The van der Waals surface area contributed by atoms with Crippen molar-refractivity contribution in [3.63, 3.8) is 0 Å². The first-order chi connectivity index (χ1) is 16.0. The number of aromatic nitrogens is 1. The van der Waals surface area contributed by atoms with Gasteiger partial charge in [0.1, 0.15) is 17.2 Å². The highest BCUT2D eigenvalue weighted by Gasteiger charge is 2.26. The first-order valence-electron chi connectivity index (χ1n) is 11.4. The largest absolute Gasteiger partial charge is 0.462 e. The van der Waals surface area contributed by atoms with Gasteiger partial charge in [0.15, 0.2) is 0 Å². The van der Waals surface area contributed by atoms with Crippen molar-refractivity contribution in [3.05, 3.63) is 69.8 Å². The topological polar surface area (TPSA) is 54.9 Å². The maximum Gasteiger partial charge on any atom is 0.261 e. The monoisotopic (exact) mass is 489 g/mol. The molecule has 3 heterocycles. The first kappa shape index (κ1) is 24.0. The average Bonchev–Trinajstić information content (AvgIpc) is 2.94. The third kappa shape index (κ3) is 6.07. The van der Waals surface area contributed by atoms with Crippen LogP contribution in [0, 0.1) is 0 Å². The Morgan fingerprint density at radius 3 is 2.67 bits per heavy atom. The first-order valence-corrected chi connectivity index (χ1v) is 12.1. The van der Waals surface area contributed by atoms with Gasteiger partial charge in [-0.3, -0.25) is 4.79 Å². The summed E-state index contributed by atoms with van der Waals surface area (Å²) in [4.78, 5) is 21.9. The molecule has 0 unspecified atom stereocenters. The SMILES string of the molecule is COCC1=COc2cc(Cl)ccc2C(=O)N1CCCCN1CCC(c2cccc(Cl)n2)CC1. The van der Waals surface area contributed by atoms with E-state index in [1.165, 1.54) is 0 Å². The van der Waals surface area contributed by atoms with Crippen LogP contribution in [0.25, 0.3) is 0 Å². The van der Waals surface area contributed by atoms with Gasteiger partial charge in [0.05, 0.1) is 17.9 Å². The van der Waals surface area contributed by atoms with E-state index in [-0.39, 0.29) is 5.91 Å². The molecule has 2 aliphatic rings. The fourth-order valence-corrected chi connectivity index (χ4v) is 4.79. The highest BCUT2D eigenvalue weighted by Crippen LogP contribution is 2.30. The second-order valence-electron chi connectivity index (χ2n) is 8.47. The lowest BCUT2D eigenvalue weighted by Crippen LogP contribution is -2.35. The molecule has 0 atom stereocenters. The van der Waals surface area contributed by atoms with E-state index in [0.29, 0.717) is 46.3 Å². The van der Waals surface area contributed by atoms with E-state index in [1.807, 2.05) is 12.1 Å². The number of likely N-dealkylation sites (tertiary alicyclic amines) is 1. The summed E-state index contributed by atoms with van der Waals surface area (Å²) < 4.78 is 11.0.